The van der Waals surface area contributed by atoms with Crippen LogP contribution in [0.1, 0.15) is 34.1 Å². The number of imide groups is 3. The smallest absolute Gasteiger partial charge is 0.424 e. The normalized spacial score (nSPS) is 21.1. The van der Waals surface area contributed by atoms with E-state index in [1.54, 1.807) is 39.8 Å². The van der Waals surface area contributed by atoms with Crippen molar-refractivity contribution in [2.24, 2.45) is 0 Å². The summed E-state index contributed by atoms with van der Waals surface area (Å²) >= 11 is 0. The molecule has 0 aliphatic carbocycles. The number of hydrogen-bond acceptors (Lipinski definition) is 6. The Hall–Kier alpha value is -2.64. The fourth-order valence-corrected chi connectivity index (χ4v) is 2.47. The molecule has 8 nitrogen and oxygen atoms in total. The largest absolute Gasteiger partial charge is 0.464 e. The summed E-state index contributed by atoms with van der Waals surface area (Å²) in [7, 11) is 0. The molecule has 130 valence electrons. The highest BCUT2D eigenvalue weighted by atomic mass is 16.6. The van der Waals surface area contributed by atoms with Gasteiger partial charge in [-0.1, -0.05) is 0 Å². The molecule has 1 aliphatic rings. The van der Waals surface area contributed by atoms with Crippen LogP contribution in [0.2, 0.25) is 0 Å². The van der Waals surface area contributed by atoms with Crippen LogP contribution in [-0.2, 0) is 29.4 Å². The number of ether oxygens (including phenoxy) is 2. The van der Waals surface area contributed by atoms with E-state index in [-0.39, 0.29) is 6.61 Å². The molecule has 0 N–H and O–H groups in total. The standard InChI is InChI=1S/C16H20N2O6/c1-5-23-13(21)16(17-8-6-7-9-17)10-11(19)18(12(16)20)14(22)24-15(2,3)4/h6-9H,5,10H2,1-4H3. The van der Waals surface area contributed by atoms with Gasteiger partial charge in [0.05, 0.1) is 13.0 Å². The number of rotatable bonds is 3. The Balaban J connectivity index is 2.45. The second kappa shape index (κ2) is 6.10. The first-order chi connectivity index (χ1) is 11.1. The molecule has 2 heterocycles. The molecular weight excluding hydrogens is 316 g/mol. The maximum atomic E-state index is 12.9. The van der Waals surface area contributed by atoms with Crippen LogP contribution >= 0.6 is 0 Å². The molecule has 1 aliphatic heterocycles. The Morgan fingerprint density at radius 3 is 2.29 bits per heavy atom. The third-order valence-corrected chi connectivity index (χ3v) is 3.45. The number of carbonyl (C=O) groups excluding carboxylic acids is 4. The molecule has 24 heavy (non-hydrogen) atoms. The fourth-order valence-electron chi connectivity index (χ4n) is 2.47. The van der Waals surface area contributed by atoms with Crippen molar-refractivity contribution in [3.05, 3.63) is 24.5 Å². The van der Waals surface area contributed by atoms with Gasteiger partial charge in [-0.2, -0.15) is 4.90 Å². The number of hydrogen-bond donors (Lipinski definition) is 0. The van der Waals surface area contributed by atoms with Crippen molar-refractivity contribution in [2.75, 3.05) is 6.61 Å². The quantitative estimate of drug-likeness (QED) is 0.471. The second-order valence-electron chi connectivity index (χ2n) is 6.36. The molecule has 0 radical (unpaired) electrons. The molecule has 8 heteroatoms. The zero-order valence-electron chi connectivity index (χ0n) is 14.1. The van der Waals surface area contributed by atoms with Gasteiger partial charge in [-0.15, -0.1) is 0 Å². The Morgan fingerprint density at radius 2 is 1.79 bits per heavy atom. The van der Waals surface area contributed by atoms with Crippen molar-refractivity contribution in [3.8, 4) is 0 Å². The molecule has 1 aromatic heterocycles. The van der Waals surface area contributed by atoms with Crippen molar-refractivity contribution in [1.82, 2.24) is 9.47 Å². The predicted octanol–water partition coefficient (Wildman–Crippen LogP) is 1.44. The number of amides is 3. The monoisotopic (exact) mass is 336 g/mol. The van der Waals surface area contributed by atoms with Crippen LogP contribution in [0.3, 0.4) is 0 Å². The SMILES string of the molecule is CCOC(=O)C1(n2cccc2)CC(=O)N(C(=O)OC(C)(C)C)C1=O. The zero-order valence-corrected chi connectivity index (χ0v) is 14.1. The Labute approximate surface area is 139 Å². The lowest BCUT2D eigenvalue weighted by atomic mass is 9.97. The molecule has 0 bridgehead atoms. The maximum Gasteiger partial charge on any atom is 0.424 e. The van der Waals surface area contributed by atoms with Gasteiger partial charge >= 0.3 is 12.1 Å². The lowest BCUT2D eigenvalue weighted by Crippen LogP contribution is -2.51. The highest BCUT2D eigenvalue weighted by Crippen LogP contribution is 2.34. The maximum absolute atomic E-state index is 12.9. The van der Waals surface area contributed by atoms with E-state index in [0.717, 1.165) is 0 Å². The molecule has 2 rings (SSSR count). The van der Waals surface area contributed by atoms with E-state index in [4.69, 9.17) is 9.47 Å². The average molecular weight is 336 g/mol. The molecule has 1 saturated heterocycles. The lowest BCUT2D eigenvalue weighted by Gasteiger charge is -2.27. The first-order valence-corrected chi connectivity index (χ1v) is 7.54. The molecular formula is C16H20N2O6. The molecule has 0 spiro atoms. The Bertz CT molecular complexity index is 673. The summed E-state index contributed by atoms with van der Waals surface area (Å²) in [6.45, 7) is 6.46. The Kier molecular flexibility index (Phi) is 4.50. The van der Waals surface area contributed by atoms with Crippen LogP contribution < -0.4 is 0 Å². The van der Waals surface area contributed by atoms with E-state index in [1.807, 2.05) is 0 Å². The van der Waals surface area contributed by atoms with E-state index in [2.05, 4.69) is 0 Å². The number of aromatic nitrogens is 1. The van der Waals surface area contributed by atoms with Crippen molar-refractivity contribution >= 4 is 23.9 Å². The molecule has 1 aromatic rings. The van der Waals surface area contributed by atoms with Crippen LogP contribution in [0.25, 0.3) is 0 Å². The number of esters is 1. The minimum Gasteiger partial charge on any atom is -0.464 e. The van der Waals surface area contributed by atoms with Crippen molar-refractivity contribution < 1.29 is 28.7 Å². The van der Waals surface area contributed by atoms with E-state index >= 15 is 0 Å². The van der Waals surface area contributed by atoms with Gasteiger partial charge in [0.1, 0.15) is 5.60 Å². The molecule has 1 atom stereocenters. The summed E-state index contributed by atoms with van der Waals surface area (Å²) in [5.74, 6) is -2.67. The van der Waals surface area contributed by atoms with Gasteiger partial charge in [-0.3, -0.25) is 9.59 Å². The van der Waals surface area contributed by atoms with Crippen LogP contribution in [0.15, 0.2) is 24.5 Å². The first kappa shape index (κ1) is 17.7. The van der Waals surface area contributed by atoms with Crippen LogP contribution in [-0.4, -0.2) is 45.6 Å². The van der Waals surface area contributed by atoms with Crippen LogP contribution in [0.4, 0.5) is 4.79 Å². The van der Waals surface area contributed by atoms with Gasteiger partial charge in [0.25, 0.3) is 5.91 Å². The van der Waals surface area contributed by atoms with Crippen LogP contribution in [0, 0.1) is 0 Å². The summed E-state index contributed by atoms with van der Waals surface area (Å²) in [6, 6.07) is 3.21. The van der Waals surface area contributed by atoms with E-state index < -0.39 is 41.4 Å². The van der Waals surface area contributed by atoms with Gasteiger partial charge in [-0.05, 0) is 39.8 Å². The molecule has 0 aromatic carbocycles. The number of nitrogens with zero attached hydrogens (tertiary/aromatic N) is 2. The number of carbonyl (C=O) groups is 4. The molecule has 1 unspecified atom stereocenters. The van der Waals surface area contributed by atoms with Crippen LogP contribution in [0.5, 0.6) is 0 Å². The zero-order chi connectivity index (χ0) is 18.1. The predicted molar refractivity (Wildman–Crippen MR) is 81.7 cm³/mol. The second-order valence-corrected chi connectivity index (χ2v) is 6.36. The summed E-state index contributed by atoms with van der Waals surface area (Å²) < 4.78 is 11.4. The van der Waals surface area contributed by atoms with Gasteiger partial charge in [0, 0.05) is 12.4 Å². The average Bonchev–Trinajstić information content (AvgIpc) is 3.04. The Morgan fingerprint density at radius 1 is 1.21 bits per heavy atom. The third-order valence-electron chi connectivity index (χ3n) is 3.45. The lowest BCUT2D eigenvalue weighted by molar-refractivity contribution is -0.159. The van der Waals surface area contributed by atoms with Crippen molar-refractivity contribution in [2.45, 2.75) is 45.3 Å². The number of likely N-dealkylation sites (tertiary alicyclic amines) is 1. The fraction of sp³-hybridized carbons (Fsp3) is 0.500. The van der Waals surface area contributed by atoms with Gasteiger partial charge in [-0.25, -0.2) is 9.59 Å². The first-order valence-electron chi connectivity index (χ1n) is 7.54. The van der Waals surface area contributed by atoms with E-state index in [1.165, 1.54) is 17.0 Å². The summed E-state index contributed by atoms with van der Waals surface area (Å²) in [4.78, 5) is 50.3. The highest BCUT2D eigenvalue weighted by Gasteiger charge is 2.61. The van der Waals surface area contributed by atoms with Gasteiger partial charge < -0.3 is 14.0 Å². The minimum absolute atomic E-state index is 0.0375. The van der Waals surface area contributed by atoms with Crippen molar-refractivity contribution in [1.29, 1.82) is 0 Å². The summed E-state index contributed by atoms with van der Waals surface area (Å²) in [6.07, 6.45) is 1.34. The minimum atomic E-state index is -1.92. The van der Waals surface area contributed by atoms with Gasteiger partial charge in [0.2, 0.25) is 11.4 Å². The van der Waals surface area contributed by atoms with E-state index in [0.29, 0.717) is 4.90 Å². The van der Waals surface area contributed by atoms with Gasteiger partial charge in [0.15, 0.2) is 0 Å². The molecule has 3 amide bonds. The van der Waals surface area contributed by atoms with Crippen molar-refractivity contribution in [3.63, 3.8) is 0 Å². The molecule has 0 saturated carbocycles. The third kappa shape index (κ3) is 2.91. The summed E-state index contributed by atoms with van der Waals surface area (Å²) in [5.41, 5.74) is -2.81. The van der Waals surface area contributed by atoms with E-state index in [9.17, 15) is 19.2 Å². The summed E-state index contributed by atoms with van der Waals surface area (Å²) in [5, 5.41) is 0. The molecule has 1 fully saturated rings. The topological polar surface area (TPSA) is 94.9 Å². The highest BCUT2D eigenvalue weighted by molar-refractivity contribution is 6.24.